The summed E-state index contributed by atoms with van der Waals surface area (Å²) in [6, 6.07) is -3.38. The number of carboxylic acid groups (broad SMARTS) is 6. The van der Waals surface area contributed by atoms with Crippen LogP contribution in [0.25, 0.3) is 0 Å². The molecule has 39 heavy (non-hydrogen) atoms. The quantitative estimate of drug-likeness (QED) is 0.0725. The molecular weight excluding hydrogens is 546 g/mol. The van der Waals surface area contributed by atoms with Gasteiger partial charge < -0.3 is 53.6 Å². The topological polar surface area (TPSA) is 340 Å². The van der Waals surface area contributed by atoms with Crippen molar-refractivity contribution in [2.24, 2.45) is 28.9 Å². The lowest BCUT2D eigenvalue weighted by molar-refractivity contribution is -0.141. The third-order valence-corrected chi connectivity index (χ3v) is 4.61. The van der Waals surface area contributed by atoms with E-state index in [4.69, 9.17) is 53.6 Å². The van der Waals surface area contributed by atoms with E-state index in [9.17, 15) is 28.8 Å². The van der Waals surface area contributed by atoms with Gasteiger partial charge in [-0.2, -0.15) is 0 Å². The number of hydrogen-bond acceptors (Lipinski definition) is 12. The number of hydrogen-bond donors (Lipinski definition) is 12. The van der Waals surface area contributed by atoms with Crippen LogP contribution in [-0.2, 0) is 28.8 Å². The molecule has 0 aliphatic rings. The Labute approximate surface area is 231 Å². The van der Waals surface area contributed by atoms with E-state index in [0.717, 1.165) is 12.8 Å². The normalized spacial score (nSPS) is 12.9. The molecule has 0 amide bonds. The van der Waals surface area contributed by atoms with Gasteiger partial charge >= 0.3 is 35.8 Å². The van der Waals surface area contributed by atoms with Gasteiger partial charge in [-0.1, -0.05) is 33.1 Å². The highest BCUT2D eigenvalue weighted by molar-refractivity contribution is 7.78. The van der Waals surface area contributed by atoms with E-state index < -0.39 is 60.0 Å². The summed E-state index contributed by atoms with van der Waals surface area (Å²) in [5.74, 6) is -6.12. The molecule has 0 aliphatic heterocycles. The van der Waals surface area contributed by atoms with Crippen molar-refractivity contribution < 1.29 is 59.4 Å². The van der Waals surface area contributed by atoms with Gasteiger partial charge in [0.15, 0.2) is 0 Å². The van der Waals surface area contributed by atoms with Crippen LogP contribution >= 0.6 is 12.8 Å². The van der Waals surface area contributed by atoms with Crippen molar-refractivity contribution >= 4 is 48.6 Å². The molecule has 18 heteroatoms. The maximum absolute atomic E-state index is 10.3. The fraction of sp³-hybridized carbons (Fsp3) is 0.714. The summed E-state index contributed by atoms with van der Waals surface area (Å²) in [6.07, 6.45) is 1.72. The highest BCUT2D eigenvalue weighted by Crippen LogP contribution is 2.01. The Kier molecular flexibility index (Phi) is 29.3. The first-order valence-electron chi connectivity index (χ1n) is 11.6. The van der Waals surface area contributed by atoms with E-state index in [2.05, 4.69) is 17.5 Å². The molecular formula is C21H43N5O12S. The third-order valence-electron chi connectivity index (χ3n) is 4.33. The van der Waals surface area contributed by atoms with Gasteiger partial charge in [0.25, 0.3) is 0 Å². The molecule has 0 aromatic carbocycles. The van der Waals surface area contributed by atoms with Gasteiger partial charge in [-0.3, -0.25) is 33.5 Å². The summed E-state index contributed by atoms with van der Waals surface area (Å²) in [5.41, 5.74) is 20.4. The molecule has 230 valence electrons. The zero-order valence-corrected chi connectivity index (χ0v) is 22.8. The number of carboxylic acids is 6. The number of unbranched alkanes of at least 4 members (excludes halogenated alkanes) is 1. The van der Waals surface area contributed by atoms with Gasteiger partial charge in [0.05, 0.1) is 0 Å². The Morgan fingerprint density at radius 2 is 0.974 bits per heavy atom. The van der Waals surface area contributed by atoms with Gasteiger partial charge in [0.2, 0.25) is 0 Å². The van der Waals surface area contributed by atoms with Crippen LogP contribution in [0.5, 0.6) is 0 Å². The monoisotopic (exact) mass is 589 g/mol. The number of thiol groups is 1. The molecule has 0 rings (SSSR count). The van der Waals surface area contributed by atoms with Crippen molar-refractivity contribution in [2.45, 2.75) is 83.0 Å². The fourth-order valence-electron chi connectivity index (χ4n) is 1.93. The highest BCUT2D eigenvalue weighted by Gasteiger charge is 2.18. The van der Waals surface area contributed by atoms with E-state index in [-0.39, 0.29) is 31.6 Å². The molecule has 0 aromatic heterocycles. The summed E-state index contributed by atoms with van der Waals surface area (Å²) in [7, 11) is 0. The van der Waals surface area contributed by atoms with Crippen LogP contribution < -0.4 is 27.7 Å². The fourth-order valence-corrected chi connectivity index (χ4v) is 2.33. The molecule has 17 nitrogen and oxygen atoms in total. The molecule has 0 aliphatic carbocycles. The van der Waals surface area contributed by atoms with E-state index in [1.807, 2.05) is 13.8 Å². The van der Waals surface area contributed by atoms with Crippen molar-refractivity contribution in [1.82, 2.24) is 4.72 Å². The van der Waals surface area contributed by atoms with Gasteiger partial charge in [-0.05, 0) is 38.1 Å². The molecule has 4 unspecified atom stereocenters. The second kappa shape index (κ2) is 26.6. The Morgan fingerprint density at radius 3 is 1.15 bits per heavy atom. The zero-order chi connectivity index (χ0) is 31.7. The van der Waals surface area contributed by atoms with Crippen LogP contribution in [0.4, 0.5) is 0 Å². The Morgan fingerprint density at radius 1 is 0.641 bits per heavy atom. The van der Waals surface area contributed by atoms with Crippen LogP contribution in [-0.4, -0.2) is 97.2 Å². The first-order valence-corrected chi connectivity index (χ1v) is 12.0. The van der Waals surface area contributed by atoms with Crippen LogP contribution in [0.1, 0.15) is 58.8 Å². The number of nitrogens with two attached hydrogens (primary N) is 4. The Hall–Kier alpha value is -3.03. The van der Waals surface area contributed by atoms with Crippen molar-refractivity contribution in [3.63, 3.8) is 0 Å². The van der Waals surface area contributed by atoms with Gasteiger partial charge in [-0.25, -0.2) is 0 Å². The standard InChI is InChI=1S/C6H14N2O2.2C5H9NO4.C5H11NO2S/c7-4-2-1-3-5(8)6(9)10;2*6-3(5(9)10)1-2-4(7)8;1-3(2)4(6-9)5(7)8/h5H,1-4,7-8H2,(H,9,10);2*3H,1-2,6H2,(H,7,8)(H,9,10);3-4,6,9H,1-2H3,(H,7,8). The first kappa shape index (κ1) is 43.0. The van der Waals surface area contributed by atoms with Crippen molar-refractivity contribution in [3.8, 4) is 0 Å². The summed E-state index contributed by atoms with van der Waals surface area (Å²) >= 11 is 3.66. The molecule has 0 saturated heterocycles. The second-order valence-electron chi connectivity index (χ2n) is 8.17. The number of rotatable bonds is 16. The lowest BCUT2D eigenvalue weighted by Gasteiger charge is -2.12. The van der Waals surface area contributed by atoms with E-state index in [1.54, 1.807) is 0 Å². The molecule has 4 atom stereocenters. The maximum atomic E-state index is 10.3. The van der Waals surface area contributed by atoms with Crippen LogP contribution in [0, 0.1) is 5.92 Å². The van der Waals surface area contributed by atoms with Crippen LogP contribution in [0.2, 0.25) is 0 Å². The SMILES string of the molecule is CC(C)C(NS)C(=O)O.NC(CCC(=O)O)C(=O)O.NC(CCC(=O)O)C(=O)O.NCCCCC(N)C(=O)O. The van der Waals surface area contributed by atoms with Crippen molar-refractivity contribution in [3.05, 3.63) is 0 Å². The Balaban J connectivity index is -0.000000210. The lowest BCUT2D eigenvalue weighted by Crippen LogP contribution is -2.35. The molecule has 0 aromatic rings. The highest BCUT2D eigenvalue weighted by atomic mass is 32.1. The van der Waals surface area contributed by atoms with E-state index >= 15 is 0 Å². The summed E-state index contributed by atoms with van der Waals surface area (Å²) in [5, 5.41) is 49.3. The summed E-state index contributed by atoms with van der Waals surface area (Å²) in [4.78, 5) is 60.1. The zero-order valence-electron chi connectivity index (χ0n) is 21.9. The minimum Gasteiger partial charge on any atom is -0.481 e. The minimum absolute atomic E-state index is 0.0231. The second-order valence-corrected chi connectivity index (χ2v) is 8.43. The lowest BCUT2D eigenvalue weighted by atomic mass is 10.1. The molecule has 0 fully saturated rings. The summed E-state index contributed by atoms with van der Waals surface area (Å²) in [6.45, 7) is 4.25. The average Bonchev–Trinajstić information content (AvgIpc) is 2.81. The van der Waals surface area contributed by atoms with Crippen molar-refractivity contribution in [2.75, 3.05) is 6.54 Å². The predicted octanol–water partition coefficient (Wildman–Crippen LogP) is -1.42. The van der Waals surface area contributed by atoms with Crippen LogP contribution in [0.15, 0.2) is 0 Å². The smallest absolute Gasteiger partial charge is 0.321 e. The largest absolute Gasteiger partial charge is 0.481 e. The Bertz CT molecular complexity index is 708. The maximum Gasteiger partial charge on any atom is 0.321 e. The van der Waals surface area contributed by atoms with E-state index in [1.165, 1.54) is 0 Å². The molecule has 0 spiro atoms. The first-order chi connectivity index (χ1) is 17.8. The number of nitrogens with one attached hydrogen (secondary N) is 1. The van der Waals surface area contributed by atoms with Crippen molar-refractivity contribution in [1.29, 1.82) is 0 Å². The van der Waals surface area contributed by atoms with Crippen LogP contribution in [0.3, 0.4) is 0 Å². The molecule has 15 N–H and O–H groups in total. The molecule has 0 saturated carbocycles. The third kappa shape index (κ3) is 32.9. The summed E-state index contributed by atoms with van der Waals surface area (Å²) < 4.78 is 2.40. The van der Waals surface area contributed by atoms with Gasteiger partial charge in [-0.15, -0.1) is 0 Å². The molecule has 0 bridgehead atoms. The number of aliphatic carboxylic acids is 6. The average molecular weight is 590 g/mol. The van der Waals surface area contributed by atoms with E-state index in [0.29, 0.717) is 13.0 Å². The predicted molar refractivity (Wildman–Crippen MR) is 142 cm³/mol. The van der Waals surface area contributed by atoms with Gasteiger partial charge in [0.1, 0.15) is 24.2 Å². The number of carbonyl (C=O) groups is 6. The molecule has 0 radical (unpaired) electrons. The molecule has 0 heterocycles. The minimum atomic E-state index is -1.17. The van der Waals surface area contributed by atoms with Gasteiger partial charge in [0, 0.05) is 12.8 Å².